The highest BCUT2D eigenvalue weighted by Gasteiger charge is 2.16. The summed E-state index contributed by atoms with van der Waals surface area (Å²) in [6.07, 6.45) is 6.66. The van der Waals surface area contributed by atoms with Gasteiger partial charge in [0.15, 0.2) is 0 Å². The Morgan fingerprint density at radius 2 is 1.68 bits per heavy atom. The number of carbonyl (C=O) groups excluding carboxylic acids is 3. The first-order chi connectivity index (χ1) is 12.1. The van der Waals surface area contributed by atoms with E-state index in [4.69, 9.17) is 0 Å². The molecule has 25 heavy (non-hydrogen) atoms. The SMILES string of the molecule is CCCC(=O)Nc1ccc(C(=O)NNC(=O)NC2CCCCC2)cc1. The van der Waals surface area contributed by atoms with Crippen LogP contribution in [-0.4, -0.2) is 23.9 Å². The van der Waals surface area contributed by atoms with Crippen molar-refractivity contribution in [2.75, 3.05) is 5.32 Å². The van der Waals surface area contributed by atoms with Crippen molar-refractivity contribution in [1.29, 1.82) is 0 Å². The van der Waals surface area contributed by atoms with Crippen molar-refractivity contribution in [3.8, 4) is 0 Å². The first kappa shape index (κ1) is 18.8. The van der Waals surface area contributed by atoms with Gasteiger partial charge in [-0.25, -0.2) is 10.2 Å². The zero-order chi connectivity index (χ0) is 18.1. The second-order valence-corrected chi connectivity index (χ2v) is 6.26. The van der Waals surface area contributed by atoms with E-state index >= 15 is 0 Å². The molecule has 1 aromatic rings. The van der Waals surface area contributed by atoms with Crippen LogP contribution in [0.4, 0.5) is 10.5 Å². The van der Waals surface area contributed by atoms with E-state index in [1.807, 2.05) is 6.92 Å². The summed E-state index contributed by atoms with van der Waals surface area (Å²) in [5, 5.41) is 5.61. The van der Waals surface area contributed by atoms with Crippen molar-refractivity contribution in [3.63, 3.8) is 0 Å². The number of hydrogen-bond acceptors (Lipinski definition) is 3. The van der Waals surface area contributed by atoms with Crippen LogP contribution in [0, 0.1) is 0 Å². The number of nitrogens with one attached hydrogen (secondary N) is 4. The van der Waals surface area contributed by atoms with E-state index in [0.717, 1.165) is 32.1 Å². The van der Waals surface area contributed by atoms with Gasteiger partial charge in [0, 0.05) is 23.7 Å². The van der Waals surface area contributed by atoms with Crippen molar-refractivity contribution >= 4 is 23.5 Å². The molecular formula is C18H26N4O3. The van der Waals surface area contributed by atoms with Crippen LogP contribution >= 0.6 is 0 Å². The van der Waals surface area contributed by atoms with Gasteiger partial charge in [-0.3, -0.25) is 15.0 Å². The van der Waals surface area contributed by atoms with Gasteiger partial charge in [-0.2, -0.15) is 0 Å². The third-order valence-electron chi connectivity index (χ3n) is 4.14. The summed E-state index contributed by atoms with van der Waals surface area (Å²) in [4.78, 5) is 35.4. The van der Waals surface area contributed by atoms with Gasteiger partial charge in [-0.05, 0) is 43.5 Å². The highest BCUT2D eigenvalue weighted by molar-refractivity contribution is 5.96. The lowest BCUT2D eigenvalue weighted by Gasteiger charge is -2.22. The lowest BCUT2D eigenvalue weighted by Crippen LogP contribution is -2.50. The van der Waals surface area contributed by atoms with Crippen molar-refractivity contribution in [3.05, 3.63) is 29.8 Å². The molecule has 0 atom stereocenters. The molecule has 4 N–H and O–H groups in total. The van der Waals surface area contributed by atoms with E-state index in [9.17, 15) is 14.4 Å². The van der Waals surface area contributed by atoms with Gasteiger partial charge in [0.25, 0.3) is 5.91 Å². The van der Waals surface area contributed by atoms with Gasteiger partial charge in [0.2, 0.25) is 5.91 Å². The summed E-state index contributed by atoms with van der Waals surface area (Å²) in [5.74, 6) is -0.467. The highest BCUT2D eigenvalue weighted by Crippen LogP contribution is 2.17. The summed E-state index contributed by atoms with van der Waals surface area (Å²) < 4.78 is 0. The second-order valence-electron chi connectivity index (χ2n) is 6.26. The van der Waals surface area contributed by atoms with Gasteiger partial charge in [-0.1, -0.05) is 26.2 Å². The largest absolute Gasteiger partial charge is 0.334 e. The molecule has 0 unspecified atom stereocenters. The lowest BCUT2D eigenvalue weighted by atomic mass is 9.96. The Hall–Kier alpha value is -2.57. The Balaban J connectivity index is 1.76. The van der Waals surface area contributed by atoms with E-state index in [2.05, 4.69) is 21.5 Å². The predicted molar refractivity (Wildman–Crippen MR) is 96.0 cm³/mol. The number of anilines is 1. The standard InChI is InChI=1S/C18H26N4O3/c1-2-6-16(23)19-15-11-9-13(10-12-15)17(24)21-22-18(25)20-14-7-4-3-5-8-14/h9-12,14H,2-8H2,1H3,(H,19,23)(H,21,24)(H2,20,22,25). The van der Waals surface area contributed by atoms with Crippen LogP contribution in [0.5, 0.6) is 0 Å². The zero-order valence-electron chi connectivity index (χ0n) is 14.6. The number of carbonyl (C=O) groups is 3. The van der Waals surface area contributed by atoms with Crippen molar-refractivity contribution in [2.45, 2.75) is 57.9 Å². The average Bonchev–Trinajstić information content (AvgIpc) is 2.61. The molecule has 1 saturated carbocycles. The van der Waals surface area contributed by atoms with Crippen LogP contribution in [0.3, 0.4) is 0 Å². The fraction of sp³-hybridized carbons (Fsp3) is 0.500. The molecule has 0 saturated heterocycles. The number of hydrazine groups is 1. The van der Waals surface area contributed by atoms with Crippen LogP contribution in [0.25, 0.3) is 0 Å². The Morgan fingerprint density at radius 3 is 2.32 bits per heavy atom. The molecule has 0 heterocycles. The van der Waals surface area contributed by atoms with E-state index in [-0.39, 0.29) is 11.9 Å². The quantitative estimate of drug-likeness (QED) is 0.617. The molecule has 1 aliphatic carbocycles. The maximum Gasteiger partial charge on any atom is 0.333 e. The summed E-state index contributed by atoms with van der Waals surface area (Å²) >= 11 is 0. The fourth-order valence-corrected chi connectivity index (χ4v) is 2.81. The molecule has 0 aliphatic heterocycles. The first-order valence-electron chi connectivity index (χ1n) is 8.85. The summed E-state index contributed by atoms with van der Waals surface area (Å²) in [6.45, 7) is 1.93. The third-order valence-corrected chi connectivity index (χ3v) is 4.14. The molecule has 1 fully saturated rings. The second kappa shape index (κ2) is 9.66. The molecular weight excluding hydrogens is 320 g/mol. The minimum Gasteiger partial charge on any atom is -0.334 e. The van der Waals surface area contributed by atoms with Gasteiger partial charge in [-0.15, -0.1) is 0 Å². The minimum atomic E-state index is -0.412. The monoisotopic (exact) mass is 346 g/mol. The predicted octanol–water partition coefficient (Wildman–Crippen LogP) is 2.70. The van der Waals surface area contributed by atoms with E-state index in [1.165, 1.54) is 6.42 Å². The van der Waals surface area contributed by atoms with Crippen LogP contribution in [0.2, 0.25) is 0 Å². The zero-order valence-corrected chi connectivity index (χ0v) is 14.6. The number of amides is 4. The van der Waals surface area contributed by atoms with Crippen LogP contribution in [0.15, 0.2) is 24.3 Å². The molecule has 0 aromatic heterocycles. The molecule has 7 heteroatoms. The molecule has 136 valence electrons. The summed E-state index contributed by atoms with van der Waals surface area (Å²) in [6, 6.07) is 6.28. The number of urea groups is 1. The van der Waals surface area contributed by atoms with E-state index in [1.54, 1.807) is 24.3 Å². The molecule has 1 aliphatic rings. The molecule has 1 aromatic carbocycles. The summed E-state index contributed by atoms with van der Waals surface area (Å²) in [7, 11) is 0. The van der Waals surface area contributed by atoms with Gasteiger partial charge in [0.05, 0.1) is 0 Å². The fourth-order valence-electron chi connectivity index (χ4n) is 2.81. The highest BCUT2D eigenvalue weighted by atomic mass is 16.2. The van der Waals surface area contributed by atoms with Crippen molar-refractivity contribution in [2.24, 2.45) is 0 Å². The van der Waals surface area contributed by atoms with E-state index in [0.29, 0.717) is 17.7 Å². The Morgan fingerprint density at radius 1 is 1.00 bits per heavy atom. The topological polar surface area (TPSA) is 99.3 Å². The third kappa shape index (κ3) is 6.45. The number of benzene rings is 1. The van der Waals surface area contributed by atoms with Gasteiger partial charge >= 0.3 is 6.03 Å². The number of hydrogen-bond donors (Lipinski definition) is 4. The van der Waals surface area contributed by atoms with Gasteiger partial charge < -0.3 is 10.6 Å². The maximum absolute atomic E-state index is 12.0. The van der Waals surface area contributed by atoms with Crippen molar-refractivity contribution in [1.82, 2.24) is 16.2 Å². The molecule has 0 radical (unpaired) electrons. The molecule has 0 spiro atoms. The maximum atomic E-state index is 12.0. The number of rotatable bonds is 5. The first-order valence-corrected chi connectivity index (χ1v) is 8.85. The van der Waals surface area contributed by atoms with Crippen LogP contribution in [-0.2, 0) is 4.79 Å². The molecule has 7 nitrogen and oxygen atoms in total. The van der Waals surface area contributed by atoms with Gasteiger partial charge in [0.1, 0.15) is 0 Å². The van der Waals surface area contributed by atoms with Crippen LogP contribution in [0.1, 0.15) is 62.2 Å². The Bertz CT molecular complexity index is 595. The minimum absolute atomic E-state index is 0.0549. The summed E-state index contributed by atoms with van der Waals surface area (Å²) in [5.41, 5.74) is 5.78. The van der Waals surface area contributed by atoms with Crippen LogP contribution < -0.4 is 21.5 Å². The normalized spacial score (nSPS) is 14.4. The Kier molecular flexibility index (Phi) is 7.25. The average molecular weight is 346 g/mol. The van der Waals surface area contributed by atoms with E-state index < -0.39 is 11.9 Å². The smallest absolute Gasteiger partial charge is 0.333 e. The van der Waals surface area contributed by atoms with Crippen molar-refractivity contribution < 1.29 is 14.4 Å². The molecule has 0 bridgehead atoms. The lowest BCUT2D eigenvalue weighted by molar-refractivity contribution is -0.116. The molecule has 4 amide bonds. The Labute approximate surface area is 147 Å². The molecule has 2 rings (SSSR count).